The van der Waals surface area contributed by atoms with Gasteiger partial charge in [-0.1, -0.05) is 18.2 Å². The molecule has 1 saturated heterocycles. The van der Waals surface area contributed by atoms with Gasteiger partial charge in [0, 0.05) is 37.1 Å². The van der Waals surface area contributed by atoms with Gasteiger partial charge >= 0.3 is 6.03 Å². The molecule has 0 atom stereocenters. The average molecular weight is 278 g/mol. The quantitative estimate of drug-likeness (QED) is 0.751. The van der Waals surface area contributed by atoms with Crippen LogP contribution in [0.5, 0.6) is 0 Å². The summed E-state index contributed by atoms with van der Waals surface area (Å²) < 4.78 is 0. The van der Waals surface area contributed by atoms with Crippen molar-refractivity contribution in [2.45, 2.75) is 6.42 Å². The van der Waals surface area contributed by atoms with E-state index in [9.17, 15) is 4.79 Å². The number of hydrogen-bond acceptors (Lipinski definition) is 3. The summed E-state index contributed by atoms with van der Waals surface area (Å²) in [5, 5.41) is 0. The molecule has 5 nitrogen and oxygen atoms in total. The second-order valence-corrected chi connectivity index (χ2v) is 4.59. The largest absolute Gasteiger partial charge is 0.338 e. The molecule has 2 amide bonds. The average Bonchev–Trinajstić information content (AvgIpc) is 2.56. The molecule has 0 bridgehead atoms. The first kappa shape index (κ1) is 13.1. The summed E-state index contributed by atoms with van der Waals surface area (Å²) in [6, 6.07) is 14.1. The van der Waals surface area contributed by atoms with Gasteiger partial charge in [-0.25, -0.2) is 14.8 Å². The Morgan fingerprint density at radius 3 is 2.52 bits per heavy atom. The van der Waals surface area contributed by atoms with Crippen LogP contribution >= 0.6 is 0 Å². The summed E-state index contributed by atoms with van der Waals surface area (Å²) in [4.78, 5) is 23.7. The number of hydrogen-bond donors (Lipinski definition) is 0. The van der Waals surface area contributed by atoms with E-state index in [1.54, 1.807) is 23.4 Å². The molecule has 0 N–H and O–H groups in total. The third-order valence-corrected chi connectivity index (χ3v) is 3.13. The maximum absolute atomic E-state index is 12.4. The molecule has 1 aliphatic rings. The van der Waals surface area contributed by atoms with Crippen LogP contribution < -0.4 is 4.90 Å². The highest BCUT2D eigenvalue weighted by molar-refractivity contribution is 5.92. The van der Waals surface area contributed by atoms with E-state index in [4.69, 9.17) is 0 Å². The molecule has 1 aromatic carbocycles. The Bertz CT molecular complexity index is 676. The van der Waals surface area contributed by atoms with Gasteiger partial charge in [-0.05, 0) is 30.5 Å². The van der Waals surface area contributed by atoms with E-state index < -0.39 is 0 Å². The van der Waals surface area contributed by atoms with Crippen molar-refractivity contribution in [2.24, 2.45) is 0 Å². The summed E-state index contributed by atoms with van der Waals surface area (Å²) in [6.07, 6.45) is 4.10. The molecule has 2 heterocycles. The monoisotopic (exact) mass is 278 g/mol. The smallest absolute Gasteiger partial charge is 0.261 e. The number of anilines is 1. The van der Waals surface area contributed by atoms with E-state index in [2.05, 4.69) is 21.9 Å². The first-order valence-corrected chi connectivity index (χ1v) is 6.77. The van der Waals surface area contributed by atoms with Gasteiger partial charge in [-0.2, -0.15) is 0 Å². The minimum absolute atomic E-state index is 0.170. The summed E-state index contributed by atoms with van der Waals surface area (Å²) in [5.74, 6) is 3.43. The molecule has 21 heavy (non-hydrogen) atoms. The van der Waals surface area contributed by atoms with E-state index in [-0.39, 0.29) is 6.03 Å². The summed E-state index contributed by atoms with van der Waals surface area (Å²) in [6.45, 7) is 1.24. The number of aromatic nitrogens is 2. The van der Waals surface area contributed by atoms with Crippen LogP contribution in [0, 0.1) is 12.0 Å². The molecule has 3 rings (SSSR count). The van der Waals surface area contributed by atoms with Gasteiger partial charge in [0.05, 0.1) is 0 Å². The molecule has 0 unspecified atom stereocenters. The van der Waals surface area contributed by atoms with Crippen molar-refractivity contribution in [3.8, 4) is 12.0 Å². The van der Waals surface area contributed by atoms with Crippen LogP contribution in [0.25, 0.3) is 0 Å². The van der Waals surface area contributed by atoms with Crippen molar-refractivity contribution in [3.63, 3.8) is 0 Å². The van der Waals surface area contributed by atoms with E-state index in [0.717, 1.165) is 12.0 Å². The van der Waals surface area contributed by atoms with Crippen molar-refractivity contribution < 1.29 is 4.79 Å². The predicted octanol–water partition coefficient (Wildman–Crippen LogP) is 2.12. The molecule has 1 aliphatic heterocycles. The van der Waals surface area contributed by atoms with Crippen LogP contribution in [0.1, 0.15) is 12.0 Å². The number of carbonyl (C=O) groups is 1. The number of nitrogens with zero attached hydrogens (tertiary/aromatic N) is 4. The van der Waals surface area contributed by atoms with Gasteiger partial charge in [0.1, 0.15) is 0 Å². The SMILES string of the molecule is O=C1N(C#Cc2ccccc2)CCCN1c1ncccn1. The lowest BCUT2D eigenvalue weighted by Crippen LogP contribution is -2.48. The van der Waals surface area contributed by atoms with Crippen molar-refractivity contribution in [1.29, 1.82) is 0 Å². The Hall–Kier alpha value is -2.87. The number of benzene rings is 1. The Balaban J connectivity index is 1.79. The van der Waals surface area contributed by atoms with Gasteiger partial charge < -0.3 is 0 Å². The third-order valence-electron chi connectivity index (χ3n) is 3.13. The maximum Gasteiger partial charge on any atom is 0.338 e. The zero-order valence-electron chi connectivity index (χ0n) is 11.4. The first-order chi connectivity index (χ1) is 10.3. The molecule has 2 aromatic rings. The Morgan fingerprint density at radius 1 is 1.00 bits per heavy atom. The molecule has 0 aliphatic carbocycles. The molecule has 1 aromatic heterocycles. The summed E-state index contributed by atoms with van der Waals surface area (Å²) >= 11 is 0. The lowest BCUT2D eigenvalue weighted by molar-refractivity contribution is 0.217. The van der Waals surface area contributed by atoms with E-state index in [1.165, 1.54) is 4.90 Å². The molecule has 104 valence electrons. The van der Waals surface area contributed by atoms with Gasteiger partial charge in [0.2, 0.25) is 5.95 Å². The fourth-order valence-corrected chi connectivity index (χ4v) is 2.10. The minimum atomic E-state index is -0.170. The van der Waals surface area contributed by atoms with Crippen LogP contribution in [0.2, 0.25) is 0 Å². The van der Waals surface area contributed by atoms with Crippen molar-refractivity contribution in [1.82, 2.24) is 14.9 Å². The molecule has 0 spiro atoms. The van der Waals surface area contributed by atoms with Crippen molar-refractivity contribution in [3.05, 3.63) is 54.4 Å². The second kappa shape index (κ2) is 6.06. The molecule has 5 heteroatoms. The normalized spacial score (nSPS) is 14.6. The van der Waals surface area contributed by atoms with Crippen LogP contribution in [-0.2, 0) is 0 Å². The Kier molecular flexibility index (Phi) is 3.79. The standard InChI is InChI=1S/C16H14N4O/c21-16-19(13-8-14-6-2-1-3-7-14)11-5-12-20(16)15-17-9-4-10-18-15/h1-4,6-7,9-10H,5,11-12H2. The lowest BCUT2D eigenvalue weighted by atomic mass is 10.2. The zero-order valence-corrected chi connectivity index (χ0v) is 11.4. The topological polar surface area (TPSA) is 49.3 Å². The number of urea groups is 1. The highest BCUT2D eigenvalue weighted by Crippen LogP contribution is 2.14. The summed E-state index contributed by atoms with van der Waals surface area (Å²) in [7, 11) is 0. The number of rotatable bonds is 1. The van der Waals surface area contributed by atoms with Crippen molar-refractivity contribution >= 4 is 12.0 Å². The fraction of sp³-hybridized carbons (Fsp3) is 0.188. The van der Waals surface area contributed by atoms with Crippen molar-refractivity contribution in [2.75, 3.05) is 18.0 Å². The van der Waals surface area contributed by atoms with Crippen LogP contribution in [0.4, 0.5) is 10.7 Å². The highest BCUT2D eigenvalue weighted by atomic mass is 16.2. The molecule has 1 fully saturated rings. The Morgan fingerprint density at radius 2 is 1.76 bits per heavy atom. The maximum atomic E-state index is 12.4. The number of amides is 2. The lowest BCUT2D eigenvalue weighted by Gasteiger charge is -2.30. The predicted molar refractivity (Wildman–Crippen MR) is 79.4 cm³/mol. The molecule has 0 saturated carbocycles. The minimum Gasteiger partial charge on any atom is -0.261 e. The van der Waals surface area contributed by atoms with Gasteiger partial charge in [0.15, 0.2) is 0 Å². The number of carbonyl (C=O) groups excluding carboxylic acids is 1. The molecular formula is C16H14N4O. The Labute approximate surface area is 123 Å². The van der Waals surface area contributed by atoms with Crippen LogP contribution in [0.3, 0.4) is 0 Å². The van der Waals surface area contributed by atoms with E-state index in [1.807, 2.05) is 30.3 Å². The van der Waals surface area contributed by atoms with Gasteiger partial charge in [-0.3, -0.25) is 9.80 Å². The zero-order chi connectivity index (χ0) is 14.5. The van der Waals surface area contributed by atoms with Crippen LogP contribution in [-0.4, -0.2) is 34.0 Å². The highest BCUT2D eigenvalue weighted by Gasteiger charge is 2.27. The van der Waals surface area contributed by atoms with E-state index >= 15 is 0 Å². The second-order valence-electron chi connectivity index (χ2n) is 4.59. The first-order valence-electron chi connectivity index (χ1n) is 6.77. The van der Waals surface area contributed by atoms with Crippen LogP contribution in [0.15, 0.2) is 48.8 Å². The third kappa shape index (κ3) is 3.00. The van der Waals surface area contributed by atoms with Gasteiger partial charge in [-0.15, -0.1) is 0 Å². The fourth-order valence-electron chi connectivity index (χ4n) is 2.10. The summed E-state index contributed by atoms with van der Waals surface area (Å²) in [5.41, 5.74) is 0.887. The van der Waals surface area contributed by atoms with Gasteiger partial charge in [0.25, 0.3) is 0 Å². The molecular weight excluding hydrogens is 264 g/mol. The van der Waals surface area contributed by atoms with E-state index in [0.29, 0.717) is 19.0 Å². The molecule has 0 radical (unpaired) electrons.